The number of methoxy groups -OCH3 is 1. The minimum Gasteiger partial charge on any atom is -0.497 e. The van der Waals surface area contributed by atoms with Gasteiger partial charge in [-0.1, -0.05) is 39.8 Å². The monoisotopic (exact) mass is 379 g/mol. The van der Waals surface area contributed by atoms with Crippen LogP contribution in [0, 0.1) is 10.8 Å². The molecule has 0 atom stereocenters. The van der Waals surface area contributed by atoms with E-state index in [2.05, 4.69) is 33.0 Å². The first-order valence-electron chi connectivity index (χ1n) is 10.0. The molecule has 1 aliphatic heterocycles. The molecule has 1 aromatic rings. The molecule has 0 aromatic heterocycles. The third kappa shape index (κ3) is 3.19. The van der Waals surface area contributed by atoms with Crippen LogP contribution in [0.2, 0.25) is 0 Å². The molecular weight excluding hydrogens is 350 g/mol. The van der Waals surface area contributed by atoms with E-state index in [0.717, 1.165) is 46.7 Å². The zero-order chi connectivity index (χ0) is 20.3. The molecule has 1 aromatic carbocycles. The normalized spacial score (nSPS) is 23.9. The van der Waals surface area contributed by atoms with E-state index in [1.165, 1.54) is 0 Å². The molecule has 2 aliphatic carbocycles. The SMILES string of the molecule is COc1ccc(C2C3=C(CC(C)(C)CC3=O)NC3=C2C(=O)CC(C)(C)C3)cc1. The highest BCUT2D eigenvalue weighted by molar-refractivity contribution is 6.06. The molecule has 0 saturated carbocycles. The molecule has 0 unspecified atom stereocenters. The lowest BCUT2D eigenvalue weighted by molar-refractivity contribution is -0.119. The Labute approximate surface area is 167 Å². The van der Waals surface area contributed by atoms with E-state index in [1.54, 1.807) is 7.11 Å². The highest BCUT2D eigenvalue weighted by Gasteiger charge is 2.46. The lowest BCUT2D eigenvalue weighted by Crippen LogP contribution is -2.42. The largest absolute Gasteiger partial charge is 0.497 e. The van der Waals surface area contributed by atoms with E-state index in [1.807, 2.05) is 24.3 Å². The number of carbonyl (C=O) groups excluding carboxylic acids is 2. The third-order valence-corrected chi connectivity index (χ3v) is 6.17. The Hall–Kier alpha value is -2.36. The van der Waals surface area contributed by atoms with Gasteiger partial charge in [0.2, 0.25) is 0 Å². The predicted octanol–water partition coefficient (Wildman–Crippen LogP) is 4.67. The van der Waals surface area contributed by atoms with Crippen molar-refractivity contribution in [1.29, 1.82) is 0 Å². The van der Waals surface area contributed by atoms with Gasteiger partial charge in [-0.2, -0.15) is 0 Å². The van der Waals surface area contributed by atoms with E-state index in [0.29, 0.717) is 12.8 Å². The van der Waals surface area contributed by atoms with Gasteiger partial charge in [-0.25, -0.2) is 0 Å². The smallest absolute Gasteiger partial charge is 0.162 e. The Balaban J connectivity index is 1.88. The summed E-state index contributed by atoms with van der Waals surface area (Å²) < 4.78 is 5.30. The molecule has 3 aliphatic rings. The van der Waals surface area contributed by atoms with Crippen molar-refractivity contribution in [2.75, 3.05) is 7.11 Å². The molecule has 1 heterocycles. The van der Waals surface area contributed by atoms with Crippen molar-refractivity contribution >= 4 is 11.6 Å². The predicted molar refractivity (Wildman–Crippen MR) is 109 cm³/mol. The highest BCUT2D eigenvalue weighted by atomic mass is 16.5. The van der Waals surface area contributed by atoms with Crippen LogP contribution in [0.25, 0.3) is 0 Å². The minimum atomic E-state index is -0.274. The molecular formula is C24H29NO3. The molecule has 0 bridgehead atoms. The fourth-order valence-corrected chi connectivity index (χ4v) is 5.02. The van der Waals surface area contributed by atoms with E-state index in [4.69, 9.17) is 4.74 Å². The quantitative estimate of drug-likeness (QED) is 0.811. The molecule has 0 radical (unpaired) electrons. The van der Waals surface area contributed by atoms with Crippen molar-refractivity contribution in [2.24, 2.45) is 10.8 Å². The van der Waals surface area contributed by atoms with Crippen molar-refractivity contribution in [3.05, 3.63) is 52.4 Å². The van der Waals surface area contributed by atoms with Crippen molar-refractivity contribution in [3.8, 4) is 5.75 Å². The van der Waals surface area contributed by atoms with Crippen LogP contribution in [0.5, 0.6) is 5.75 Å². The van der Waals surface area contributed by atoms with Crippen molar-refractivity contribution in [1.82, 2.24) is 5.32 Å². The molecule has 28 heavy (non-hydrogen) atoms. The number of ether oxygens (including phenoxy) is 1. The Kier molecular flexibility index (Phi) is 4.29. The van der Waals surface area contributed by atoms with E-state index >= 15 is 0 Å². The average molecular weight is 380 g/mol. The number of rotatable bonds is 2. The van der Waals surface area contributed by atoms with Gasteiger partial charge < -0.3 is 10.1 Å². The summed E-state index contributed by atoms with van der Waals surface area (Å²) in [6.07, 6.45) is 2.68. The molecule has 0 fully saturated rings. The number of dihydropyridines is 1. The first kappa shape index (κ1) is 19.0. The lowest BCUT2D eigenvalue weighted by Gasteiger charge is -2.44. The van der Waals surface area contributed by atoms with Crippen LogP contribution in [0.1, 0.15) is 64.9 Å². The van der Waals surface area contributed by atoms with Gasteiger partial charge in [0, 0.05) is 41.3 Å². The molecule has 0 saturated heterocycles. The van der Waals surface area contributed by atoms with Gasteiger partial charge in [0.15, 0.2) is 11.6 Å². The van der Waals surface area contributed by atoms with Crippen LogP contribution in [0.4, 0.5) is 0 Å². The Morgan fingerprint density at radius 1 is 0.821 bits per heavy atom. The van der Waals surface area contributed by atoms with Crippen LogP contribution >= 0.6 is 0 Å². The van der Waals surface area contributed by atoms with Gasteiger partial charge in [-0.3, -0.25) is 9.59 Å². The van der Waals surface area contributed by atoms with Crippen LogP contribution in [-0.2, 0) is 9.59 Å². The molecule has 0 amide bonds. The number of hydrogen-bond donors (Lipinski definition) is 1. The van der Waals surface area contributed by atoms with Crippen molar-refractivity contribution in [3.63, 3.8) is 0 Å². The number of ketones is 2. The summed E-state index contributed by atoms with van der Waals surface area (Å²) in [6.45, 7) is 8.55. The zero-order valence-corrected chi connectivity index (χ0v) is 17.4. The Morgan fingerprint density at radius 3 is 1.71 bits per heavy atom. The maximum absolute atomic E-state index is 13.2. The first-order chi connectivity index (χ1) is 13.1. The number of allylic oxidation sites excluding steroid dienone is 4. The maximum atomic E-state index is 13.2. The van der Waals surface area contributed by atoms with E-state index in [9.17, 15) is 9.59 Å². The minimum absolute atomic E-state index is 0.0698. The summed E-state index contributed by atoms with van der Waals surface area (Å²) in [5.41, 5.74) is 4.44. The fourth-order valence-electron chi connectivity index (χ4n) is 5.02. The van der Waals surface area contributed by atoms with Crippen molar-refractivity contribution < 1.29 is 14.3 Å². The van der Waals surface area contributed by atoms with Crippen LogP contribution < -0.4 is 10.1 Å². The first-order valence-corrected chi connectivity index (χ1v) is 10.0. The summed E-state index contributed by atoms with van der Waals surface area (Å²) >= 11 is 0. The second kappa shape index (κ2) is 6.33. The van der Waals surface area contributed by atoms with Crippen LogP contribution in [-0.4, -0.2) is 18.7 Å². The summed E-state index contributed by atoms with van der Waals surface area (Å²) in [5, 5.41) is 3.54. The second-order valence-electron chi connectivity index (χ2n) is 10.00. The van der Waals surface area contributed by atoms with Gasteiger partial charge in [-0.05, 0) is 41.4 Å². The fraction of sp³-hybridized carbons (Fsp3) is 0.500. The molecule has 4 nitrogen and oxygen atoms in total. The van der Waals surface area contributed by atoms with E-state index < -0.39 is 0 Å². The van der Waals surface area contributed by atoms with Crippen LogP contribution in [0.3, 0.4) is 0 Å². The highest BCUT2D eigenvalue weighted by Crippen LogP contribution is 2.51. The summed E-state index contributed by atoms with van der Waals surface area (Å²) in [4.78, 5) is 26.4. The van der Waals surface area contributed by atoms with Gasteiger partial charge in [0.1, 0.15) is 5.75 Å². The summed E-state index contributed by atoms with van der Waals surface area (Å²) in [7, 11) is 1.64. The van der Waals surface area contributed by atoms with E-state index in [-0.39, 0.29) is 28.3 Å². The third-order valence-electron chi connectivity index (χ3n) is 6.17. The van der Waals surface area contributed by atoms with Gasteiger partial charge in [0.25, 0.3) is 0 Å². The molecule has 4 heteroatoms. The topological polar surface area (TPSA) is 55.4 Å². The lowest BCUT2D eigenvalue weighted by atomic mass is 9.64. The Morgan fingerprint density at radius 2 is 1.29 bits per heavy atom. The zero-order valence-electron chi connectivity index (χ0n) is 17.4. The number of nitrogens with one attached hydrogen (secondary N) is 1. The van der Waals surface area contributed by atoms with Gasteiger partial charge in [0.05, 0.1) is 7.11 Å². The molecule has 0 spiro atoms. The average Bonchev–Trinajstić information content (AvgIpc) is 2.57. The van der Waals surface area contributed by atoms with Crippen LogP contribution in [0.15, 0.2) is 46.8 Å². The Bertz CT molecular complexity index is 864. The van der Waals surface area contributed by atoms with Gasteiger partial charge >= 0.3 is 0 Å². The second-order valence-corrected chi connectivity index (χ2v) is 10.00. The molecule has 4 rings (SSSR count). The number of hydrogen-bond acceptors (Lipinski definition) is 4. The summed E-state index contributed by atoms with van der Waals surface area (Å²) in [5.74, 6) is 0.810. The maximum Gasteiger partial charge on any atom is 0.162 e. The number of benzene rings is 1. The number of carbonyl (C=O) groups is 2. The molecule has 1 N–H and O–H groups in total. The number of Topliss-reactive ketones (excluding diaryl/α,β-unsaturated/α-hetero) is 2. The van der Waals surface area contributed by atoms with Gasteiger partial charge in [-0.15, -0.1) is 0 Å². The van der Waals surface area contributed by atoms with Crippen molar-refractivity contribution in [2.45, 2.75) is 59.3 Å². The standard InChI is InChI=1S/C24H29NO3/c1-23(2)10-16-21(18(26)12-23)20(14-6-8-15(28-5)9-7-14)22-17(25-16)11-24(3,4)13-19(22)27/h6-9,20,25H,10-13H2,1-5H3. The summed E-state index contributed by atoms with van der Waals surface area (Å²) in [6, 6.07) is 7.80. The molecule has 148 valence electrons.